The van der Waals surface area contributed by atoms with Crippen LogP contribution >= 0.6 is 0 Å². The highest BCUT2D eigenvalue weighted by Crippen LogP contribution is 2.36. The maximum Gasteiger partial charge on any atom is 0.304 e. The molecule has 9 heteroatoms. The number of ether oxygens (including phenoxy) is 1. The van der Waals surface area contributed by atoms with Gasteiger partial charge in [0.05, 0.1) is 11.9 Å². The molecule has 2 atom stereocenters. The number of aryl methyl sites for hydroxylation is 3. The van der Waals surface area contributed by atoms with Crippen molar-refractivity contribution < 1.29 is 19.7 Å². The van der Waals surface area contributed by atoms with Gasteiger partial charge in [-0.05, 0) is 67.1 Å². The van der Waals surface area contributed by atoms with Crippen LogP contribution in [0.15, 0.2) is 42.5 Å². The van der Waals surface area contributed by atoms with Gasteiger partial charge in [-0.1, -0.05) is 36.4 Å². The molecule has 0 bridgehead atoms. The van der Waals surface area contributed by atoms with Crippen molar-refractivity contribution in [2.45, 2.75) is 65.1 Å². The molecule has 4 aromatic rings. The molecule has 2 aromatic heterocycles. The first-order valence-corrected chi connectivity index (χ1v) is 13.3. The van der Waals surface area contributed by atoms with Crippen molar-refractivity contribution in [2.75, 3.05) is 6.54 Å². The zero-order valence-corrected chi connectivity index (χ0v) is 23.1. The fourth-order valence-electron chi connectivity index (χ4n) is 5.55. The van der Waals surface area contributed by atoms with Crippen LogP contribution in [0.25, 0.3) is 11.0 Å². The van der Waals surface area contributed by atoms with E-state index < -0.39 is 11.6 Å². The second kappa shape index (κ2) is 10.3. The fraction of sp³-hybridized carbons (Fsp3) is 0.400. The maximum atomic E-state index is 12.0. The lowest BCUT2D eigenvalue weighted by Crippen LogP contribution is -2.42. The number of aromatic nitrogens is 4. The van der Waals surface area contributed by atoms with E-state index in [1.807, 2.05) is 32.2 Å². The predicted octanol–water partition coefficient (Wildman–Crippen LogP) is 4.86. The number of nitrogens with zero attached hydrogens (tertiary/aromatic N) is 5. The number of carboxylic acids is 1. The Morgan fingerprint density at radius 1 is 1.18 bits per heavy atom. The van der Waals surface area contributed by atoms with E-state index in [-0.39, 0.29) is 18.2 Å². The standard InChI is InChI=1S/C30H35N5O4/c1-6-30(4)17-35(16-24-26(39-30)11-12-27(36)31-24)15-21-13-20(8-7-18(21)2)23(14-28(37)38)22-9-10-25-29(19(22)3)32-33-34(25)5/h7-13,23H,6,14-17H2,1-5H3,(H,31,36)(H,37,38)/t23-,30-/m1/s1. The van der Waals surface area contributed by atoms with Gasteiger partial charge in [0.1, 0.15) is 22.6 Å². The number of aliphatic carboxylic acids is 1. The molecule has 9 nitrogen and oxygen atoms in total. The van der Waals surface area contributed by atoms with Crippen LogP contribution in [-0.4, -0.2) is 53.2 Å². The van der Waals surface area contributed by atoms with Crippen molar-refractivity contribution in [3.05, 3.63) is 76.0 Å². The lowest BCUT2D eigenvalue weighted by Gasteiger charge is -2.32. The SMILES string of the molecule is CC[C@]1(C)CN(Cc2cc([C@@H](CC(=O)O)c3ccc4c(nnn4C)c3C)ccc2C)Cc2nc(O)ccc2O1. The topological polar surface area (TPSA) is 114 Å². The number of hydrogen-bond acceptors (Lipinski definition) is 7. The Morgan fingerprint density at radius 2 is 1.97 bits per heavy atom. The maximum absolute atomic E-state index is 12.0. The van der Waals surface area contributed by atoms with Crippen molar-refractivity contribution >= 4 is 17.0 Å². The van der Waals surface area contributed by atoms with Crippen molar-refractivity contribution in [1.29, 1.82) is 0 Å². The average Bonchev–Trinajstić information content (AvgIpc) is 3.20. The van der Waals surface area contributed by atoms with Gasteiger partial charge >= 0.3 is 5.97 Å². The zero-order valence-electron chi connectivity index (χ0n) is 23.1. The van der Waals surface area contributed by atoms with E-state index in [9.17, 15) is 15.0 Å². The molecule has 0 amide bonds. The third-order valence-corrected chi connectivity index (χ3v) is 7.96. The minimum atomic E-state index is -0.855. The van der Waals surface area contributed by atoms with E-state index >= 15 is 0 Å². The summed E-state index contributed by atoms with van der Waals surface area (Å²) in [5, 5.41) is 28.3. The van der Waals surface area contributed by atoms with Crippen molar-refractivity contribution in [1.82, 2.24) is 24.9 Å². The minimum Gasteiger partial charge on any atom is -0.493 e. The Bertz CT molecular complexity index is 1550. The second-order valence-corrected chi connectivity index (χ2v) is 10.9. The van der Waals surface area contributed by atoms with Crippen LogP contribution < -0.4 is 4.74 Å². The summed E-state index contributed by atoms with van der Waals surface area (Å²) in [4.78, 5) is 18.7. The fourth-order valence-corrected chi connectivity index (χ4v) is 5.55. The number of aromatic hydroxyl groups is 1. The third kappa shape index (κ3) is 5.31. The lowest BCUT2D eigenvalue weighted by atomic mass is 9.84. The van der Waals surface area contributed by atoms with Crippen LogP contribution in [0.2, 0.25) is 0 Å². The third-order valence-electron chi connectivity index (χ3n) is 7.96. The van der Waals surface area contributed by atoms with Crippen molar-refractivity contribution in [3.63, 3.8) is 0 Å². The summed E-state index contributed by atoms with van der Waals surface area (Å²) in [7, 11) is 1.85. The Hall–Kier alpha value is -3.98. The van der Waals surface area contributed by atoms with Gasteiger partial charge in [0, 0.05) is 38.7 Å². The number of hydrogen-bond donors (Lipinski definition) is 2. The molecule has 0 spiro atoms. The van der Waals surface area contributed by atoms with E-state index in [0.717, 1.165) is 45.3 Å². The van der Waals surface area contributed by atoms with E-state index in [4.69, 9.17) is 4.74 Å². The van der Waals surface area contributed by atoms with Crippen LogP contribution in [-0.2, 0) is 24.9 Å². The number of pyridine rings is 1. The molecule has 39 heavy (non-hydrogen) atoms. The second-order valence-electron chi connectivity index (χ2n) is 10.9. The minimum absolute atomic E-state index is 0.0254. The molecule has 0 aliphatic carbocycles. The van der Waals surface area contributed by atoms with Crippen LogP contribution in [0.3, 0.4) is 0 Å². The molecule has 3 heterocycles. The van der Waals surface area contributed by atoms with Gasteiger partial charge in [-0.3, -0.25) is 9.69 Å². The molecule has 2 N–H and O–H groups in total. The van der Waals surface area contributed by atoms with Crippen molar-refractivity contribution in [3.8, 4) is 11.6 Å². The Labute approximate surface area is 228 Å². The Morgan fingerprint density at radius 3 is 2.72 bits per heavy atom. The highest BCUT2D eigenvalue weighted by atomic mass is 16.5. The molecule has 0 saturated carbocycles. The number of carbonyl (C=O) groups is 1. The van der Waals surface area contributed by atoms with E-state index in [1.165, 1.54) is 0 Å². The summed E-state index contributed by atoms with van der Waals surface area (Å²) >= 11 is 0. The first-order chi connectivity index (χ1) is 18.6. The first-order valence-electron chi connectivity index (χ1n) is 13.3. The molecule has 0 radical (unpaired) electrons. The zero-order chi connectivity index (χ0) is 27.9. The molecule has 1 aliphatic rings. The van der Waals surface area contributed by atoms with E-state index in [1.54, 1.807) is 16.8 Å². The molecular weight excluding hydrogens is 494 g/mol. The number of fused-ring (bicyclic) bond motifs is 2. The largest absolute Gasteiger partial charge is 0.493 e. The van der Waals surface area contributed by atoms with Crippen LogP contribution in [0.5, 0.6) is 11.6 Å². The lowest BCUT2D eigenvalue weighted by molar-refractivity contribution is -0.137. The van der Waals surface area contributed by atoms with E-state index in [2.05, 4.69) is 53.1 Å². The Kier molecular flexibility index (Phi) is 7.03. The highest BCUT2D eigenvalue weighted by Gasteiger charge is 2.33. The summed E-state index contributed by atoms with van der Waals surface area (Å²) in [5.74, 6) is -0.517. The normalized spacial score (nSPS) is 18.4. The van der Waals surface area contributed by atoms with Gasteiger partial charge in [-0.25, -0.2) is 9.67 Å². The average molecular weight is 530 g/mol. The number of rotatable bonds is 7. The summed E-state index contributed by atoms with van der Waals surface area (Å²) < 4.78 is 8.09. The molecule has 5 rings (SSSR count). The van der Waals surface area contributed by atoms with Gasteiger partial charge in [-0.15, -0.1) is 5.10 Å². The van der Waals surface area contributed by atoms with Gasteiger partial charge in [0.25, 0.3) is 0 Å². The molecule has 0 saturated heterocycles. The number of benzene rings is 2. The summed E-state index contributed by atoms with van der Waals surface area (Å²) in [5.41, 5.74) is 7.07. The van der Waals surface area contributed by atoms with Crippen LogP contribution in [0, 0.1) is 13.8 Å². The number of carboxylic acid groups (broad SMARTS) is 1. The Balaban J connectivity index is 1.52. The monoisotopic (exact) mass is 529 g/mol. The molecule has 2 aromatic carbocycles. The van der Waals surface area contributed by atoms with Gasteiger partial charge < -0.3 is 14.9 Å². The van der Waals surface area contributed by atoms with Gasteiger partial charge in [-0.2, -0.15) is 0 Å². The summed E-state index contributed by atoms with van der Waals surface area (Å²) in [6.07, 6.45) is 0.783. The molecular formula is C30H35N5O4. The quantitative estimate of drug-likeness (QED) is 0.349. The summed E-state index contributed by atoms with van der Waals surface area (Å²) in [6.45, 7) is 10.1. The van der Waals surface area contributed by atoms with Crippen LogP contribution in [0.1, 0.15) is 66.1 Å². The van der Waals surface area contributed by atoms with Crippen LogP contribution in [0.4, 0.5) is 0 Å². The molecule has 204 valence electrons. The van der Waals surface area contributed by atoms with Gasteiger partial charge in [0.2, 0.25) is 5.88 Å². The molecule has 0 unspecified atom stereocenters. The van der Waals surface area contributed by atoms with Gasteiger partial charge in [0.15, 0.2) is 0 Å². The van der Waals surface area contributed by atoms with E-state index in [0.29, 0.717) is 31.1 Å². The predicted molar refractivity (Wildman–Crippen MR) is 148 cm³/mol. The first kappa shape index (κ1) is 26.6. The highest BCUT2D eigenvalue weighted by molar-refractivity contribution is 5.80. The molecule has 1 aliphatic heterocycles. The smallest absolute Gasteiger partial charge is 0.304 e. The summed E-state index contributed by atoms with van der Waals surface area (Å²) in [6, 6.07) is 13.5. The molecule has 0 fully saturated rings. The van der Waals surface area contributed by atoms with Crippen molar-refractivity contribution in [2.24, 2.45) is 7.05 Å².